The highest BCUT2D eigenvalue weighted by Gasteiger charge is 2.44. The molecule has 0 unspecified atom stereocenters. The number of carbonyl (C=O) groups is 1. The average molecular weight is 468 g/mol. The number of ether oxygens (including phenoxy) is 2. The number of rotatable bonds is 7. The van der Waals surface area contributed by atoms with Crippen molar-refractivity contribution in [1.82, 2.24) is 5.43 Å². The van der Waals surface area contributed by atoms with Gasteiger partial charge in [0, 0.05) is 11.1 Å². The van der Waals surface area contributed by atoms with Crippen molar-refractivity contribution in [3.63, 3.8) is 0 Å². The number of anilines is 1. The fraction of sp³-hybridized carbons (Fsp3) is 0.136. The Bertz CT molecular complexity index is 1130. The molecular formula is C22H17F5N2O4. The summed E-state index contributed by atoms with van der Waals surface area (Å²) in [5.74, 6) is -12.4. The lowest BCUT2D eigenvalue weighted by Crippen LogP contribution is -2.48. The van der Waals surface area contributed by atoms with Crippen LogP contribution >= 0.6 is 0 Å². The molecule has 0 aliphatic carbocycles. The van der Waals surface area contributed by atoms with Crippen molar-refractivity contribution in [2.24, 2.45) is 0 Å². The van der Waals surface area contributed by atoms with Crippen molar-refractivity contribution in [2.75, 3.05) is 19.6 Å². The number of carbonyl (C=O) groups excluding carboxylic acids is 1. The number of methoxy groups -OCH3 is 2. The first-order valence-electron chi connectivity index (χ1n) is 9.25. The molecule has 0 aromatic heterocycles. The second-order valence-corrected chi connectivity index (χ2v) is 6.64. The van der Waals surface area contributed by atoms with Crippen LogP contribution in [0, 0.1) is 29.1 Å². The molecule has 1 amide bonds. The zero-order valence-electron chi connectivity index (χ0n) is 17.2. The lowest BCUT2D eigenvalue weighted by atomic mass is 9.84. The van der Waals surface area contributed by atoms with Gasteiger partial charge in [0.2, 0.25) is 11.4 Å². The van der Waals surface area contributed by atoms with Gasteiger partial charge in [-0.1, -0.05) is 36.4 Å². The van der Waals surface area contributed by atoms with Crippen molar-refractivity contribution < 1.29 is 41.3 Å². The SMILES string of the molecule is COc1ccccc1C(O)(C(=O)NNc1c(F)c(F)c(F)c(F)c1F)c1ccccc1OC. The van der Waals surface area contributed by atoms with Gasteiger partial charge in [-0.3, -0.25) is 15.6 Å². The number of halogens is 5. The molecule has 0 saturated carbocycles. The van der Waals surface area contributed by atoms with Gasteiger partial charge in [0.1, 0.15) is 17.2 Å². The summed E-state index contributed by atoms with van der Waals surface area (Å²) >= 11 is 0. The van der Waals surface area contributed by atoms with Crippen LogP contribution < -0.4 is 20.3 Å². The van der Waals surface area contributed by atoms with E-state index in [1.165, 1.54) is 50.6 Å². The highest BCUT2D eigenvalue weighted by Crippen LogP contribution is 2.40. The van der Waals surface area contributed by atoms with Gasteiger partial charge in [-0.15, -0.1) is 0 Å². The maximum absolute atomic E-state index is 14.0. The van der Waals surface area contributed by atoms with Gasteiger partial charge in [-0.25, -0.2) is 22.0 Å². The fourth-order valence-corrected chi connectivity index (χ4v) is 3.20. The molecule has 0 fully saturated rings. The molecule has 0 spiro atoms. The molecule has 0 atom stereocenters. The van der Waals surface area contributed by atoms with Gasteiger partial charge >= 0.3 is 0 Å². The van der Waals surface area contributed by atoms with Crippen LogP contribution in [-0.2, 0) is 10.4 Å². The third-order valence-corrected chi connectivity index (χ3v) is 4.83. The number of hydrogen-bond donors (Lipinski definition) is 3. The Morgan fingerprint density at radius 2 is 1.15 bits per heavy atom. The minimum atomic E-state index is -2.59. The third-order valence-electron chi connectivity index (χ3n) is 4.83. The van der Waals surface area contributed by atoms with E-state index in [2.05, 4.69) is 0 Å². The standard InChI is InChI=1S/C22H17F5N2O4/c1-32-13-9-5-3-7-11(13)22(31,12-8-4-6-10-14(12)33-2)21(30)29-28-20-18(26)16(24)15(23)17(25)19(20)27/h3-10,28,31H,1-2H3,(H,29,30). The van der Waals surface area contributed by atoms with Crippen LogP contribution in [0.25, 0.3) is 0 Å². The molecule has 11 heteroatoms. The zero-order valence-corrected chi connectivity index (χ0v) is 17.2. The van der Waals surface area contributed by atoms with E-state index < -0.39 is 46.3 Å². The third kappa shape index (κ3) is 4.02. The monoisotopic (exact) mass is 468 g/mol. The summed E-state index contributed by atoms with van der Waals surface area (Å²) in [7, 11) is 2.57. The topological polar surface area (TPSA) is 79.8 Å². The van der Waals surface area contributed by atoms with Crippen LogP contribution in [0.2, 0.25) is 0 Å². The number of amides is 1. The zero-order chi connectivity index (χ0) is 24.3. The Hall–Kier alpha value is -3.86. The molecule has 3 N–H and O–H groups in total. The van der Waals surface area contributed by atoms with E-state index in [0.717, 1.165) is 0 Å². The number of aliphatic hydroxyl groups is 1. The Balaban J connectivity index is 2.11. The van der Waals surface area contributed by atoms with E-state index in [1.54, 1.807) is 17.6 Å². The van der Waals surface area contributed by atoms with Crippen LogP contribution in [0.3, 0.4) is 0 Å². The van der Waals surface area contributed by atoms with E-state index >= 15 is 0 Å². The fourth-order valence-electron chi connectivity index (χ4n) is 3.20. The Labute approximate surface area is 184 Å². The van der Waals surface area contributed by atoms with Crippen molar-refractivity contribution in [3.05, 3.63) is 88.7 Å². The summed E-state index contributed by atoms with van der Waals surface area (Å²) < 4.78 is 78.7. The molecule has 6 nitrogen and oxygen atoms in total. The summed E-state index contributed by atoms with van der Waals surface area (Å²) in [4.78, 5) is 13.2. The molecule has 3 rings (SSSR count). The number of nitrogens with one attached hydrogen (secondary N) is 2. The summed E-state index contributed by atoms with van der Waals surface area (Å²) in [5, 5.41) is 11.6. The van der Waals surface area contributed by atoms with Crippen molar-refractivity contribution in [2.45, 2.75) is 5.60 Å². The van der Waals surface area contributed by atoms with Crippen LogP contribution in [0.1, 0.15) is 11.1 Å². The van der Waals surface area contributed by atoms with E-state index in [1.807, 2.05) is 5.43 Å². The first-order valence-corrected chi connectivity index (χ1v) is 9.25. The van der Waals surface area contributed by atoms with E-state index in [0.29, 0.717) is 0 Å². The van der Waals surface area contributed by atoms with Crippen molar-refractivity contribution in [1.29, 1.82) is 0 Å². The Morgan fingerprint density at radius 3 is 1.58 bits per heavy atom. The molecule has 0 saturated heterocycles. The molecule has 0 aliphatic rings. The van der Waals surface area contributed by atoms with E-state index in [4.69, 9.17) is 9.47 Å². The molecule has 0 radical (unpaired) electrons. The predicted octanol–water partition coefficient (Wildman–Crippen LogP) is 3.78. The predicted molar refractivity (Wildman–Crippen MR) is 107 cm³/mol. The summed E-state index contributed by atoms with van der Waals surface area (Å²) in [6.45, 7) is 0. The molecule has 0 aliphatic heterocycles. The molecule has 3 aromatic carbocycles. The van der Waals surface area contributed by atoms with Gasteiger partial charge < -0.3 is 14.6 Å². The minimum Gasteiger partial charge on any atom is -0.496 e. The normalized spacial score (nSPS) is 11.2. The van der Waals surface area contributed by atoms with Crippen molar-refractivity contribution >= 4 is 11.6 Å². The lowest BCUT2D eigenvalue weighted by molar-refractivity contribution is -0.136. The molecule has 33 heavy (non-hydrogen) atoms. The quantitative estimate of drug-likeness (QED) is 0.213. The molecule has 174 valence electrons. The smallest absolute Gasteiger partial charge is 0.279 e. The summed E-state index contributed by atoms with van der Waals surface area (Å²) in [6, 6.07) is 11.7. The second kappa shape index (κ2) is 9.33. The first kappa shape index (κ1) is 23.8. The molecule has 0 bridgehead atoms. The highest BCUT2D eigenvalue weighted by molar-refractivity contribution is 5.92. The summed E-state index contributed by atoms with van der Waals surface area (Å²) in [5.41, 5.74) is -0.796. The van der Waals surface area contributed by atoms with Gasteiger partial charge in [0.15, 0.2) is 23.3 Å². The van der Waals surface area contributed by atoms with Crippen LogP contribution in [0.4, 0.5) is 27.6 Å². The maximum Gasteiger partial charge on any atom is 0.279 e. The van der Waals surface area contributed by atoms with Crippen molar-refractivity contribution in [3.8, 4) is 11.5 Å². The van der Waals surface area contributed by atoms with Gasteiger partial charge in [-0.05, 0) is 12.1 Å². The van der Waals surface area contributed by atoms with Gasteiger partial charge in [0.05, 0.1) is 14.2 Å². The number of benzene rings is 3. The average Bonchev–Trinajstić information content (AvgIpc) is 2.85. The highest BCUT2D eigenvalue weighted by atomic mass is 19.2. The van der Waals surface area contributed by atoms with Gasteiger partial charge in [-0.2, -0.15) is 0 Å². The maximum atomic E-state index is 14.0. The Morgan fingerprint density at radius 1 is 0.758 bits per heavy atom. The molecule has 3 aromatic rings. The van der Waals surface area contributed by atoms with E-state index in [9.17, 15) is 31.9 Å². The van der Waals surface area contributed by atoms with Crippen LogP contribution in [0.5, 0.6) is 11.5 Å². The van der Waals surface area contributed by atoms with E-state index in [-0.39, 0.29) is 22.6 Å². The largest absolute Gasteiger partial charge is 0.496 e. The van der Waals surface area contributed by atoms with Gasteiger partial charge in [0.25, 0.3) is 5.91 Å². The minimum absolute atomic E-state index is 0.0669. The van der Waals surface area contributed by atoms with Crippen LogP contribution in [0.15, 0.2) is 48.5 Å². The number of hydrazine groups is 1. The Kier molecular flexibility index (Phi) is 6.73. The number of para-hydroxylation sites is 2. The van der Waals surface area contributed by atoms with Crippen LogP contribution in [-0.4, -0.2) is 25.2 Å². The first-order chi connectivity index (χ1) is 15.7. The molecule has 0 heterocycles. The number of hydrogen-bond acceptors (Lipinski definition) is 5. The molecular weight excluding hydrogens is 451 g/mol. The lowest BCUT2D eigenvalue weighted by Gasteiger charge is -2.30. The second-order valence-electron chi connectivity index (χ2n) is 6.64. The summed E-state index contributed by atoms with van der Waals surface area (Å²) in [6.07, 6.45) is 0.